The van der Waals surface area contributed by atoms with Gasteiger partial charge in [-0.15, -0.1) is 0 Å². The molecule has 2 aliphatic rings. The van der Waals surface area contributed by atoms with Gasteiger partial charge in [-0.25, -0.2) is 23.5 Å². The second-order valence-corrected chi connectivity index (χ2v) is 14.6. The predicted molar refractivity (Wildman–Crippen MR) is 182 cm³/mol. The number of aromatic amines is 1. The maximum absolute atomic E-state index is 16.7. The number of fused-ring (bicyclic) bond motifs is 3. The van der Waals surface area contributed by atoms with Gasteiger partial charge in [-0.1, -0.05) is 6.58 Å². The molecule has 6 heterocycles. The molecule has 2 aliphatic heterocycles. The fourth-order valence-electron chi connectivity index (χ4n) is 7.08. The molecule has 0 saturated carbocycles. The van der Waals surface area contributed by atoms with Gasteiger partial charge in [-0.05, 0) is 39.3 Å². The number of nitrogens with zero attached hydrogens (tertiary/aromatic N) is 5. The molecule has 4 atom stereocenters. The zero-order valence-electron chi connectivity index (χ0n) is 28.0. The topological polar surface area (TPSA) is 155 Å². The highest BCUT2D eigenvalue weighted by atomic mass is 31.2. The molecule has 6 rings (SSSR count). The Morgan fingerprint density at radius 2 is 2.06 bits per heavy atom. The molecule has 2 saturated heterocycles. The third-order valence-electron chi connectivity index (χ3n) is 9.00. The summed E-state index contributed by atoms with van der Waals surface area (Å²) in [5.41, 5.74) is 0.232. The minimum absolute atomic E-state index is 0.0194. The summed E-state index contributed by atoms with van der Waals surface area (Å²) < 4.78 is 43.9. The number of likely N-dealkylation sites (tertiary alicyclic amines) is 1. The van der Waals surface area contributed by atoms with Crippen LogP contribution in [0, 0.1) is 11.7 Å². The van der Waals surface area contributed by atoms with Crippen molar-refractivity contribution < 1.29 is 37.1 Å². The molecule has 4 aromatic heterocycles. The molecule has 16 heteroatoms. The van der Waals surface area contributed by atoms with Crippen molar-refractivity contribution in [3.8, 4) is 11.1 Å². The summed E-state index contributed by atoms with van der Waals surface area (Å²) in [6.45, 7) is 10.2. The zero-order valence-corrected chi connectivity index (χ0v) is 28.9. The lowest BCUT2D eigenvalue weighted by Gasteiger charge is -2.54. The lowest BCUT2D eigenvalue weighted by molar-refractivity contribution is -0.993. The van der Waals surface area contributed by atoms with Gasteiger partial charge < -0.3 is 34.3 Å². The molecular formula is C33H39F2N7O6P+. The third kappa shape index (κ3) is 6.21. The van der Waals surface area contributed by atoms with Gasteiger partial charge in [-0.2, -0.15) is 0 Å². The maximum Gasteiger partial charge on any atom is 0.341 e. The highest BCUT2D eigenvalue weighted by Crippen LogP contribution is 2.50. The first-order chi connectivity index (χ1) is 23.0. The second-order valence-electron chi connectivity index (χ2n) is 13.7. The van der Waals surface area contributed by atoms with Crippen LogP contribution >= 0.6 is 8.60 Å². The molecule has 0 spiro atoms. The molecule has 260 valence electrons. The quantitative estimate of drug-likeness (QED) is 0.101. The molecule has 0 bridgehead atoms. The molecule has 0 aromatic carbocycles. The van der Waals surface area contributed by atoms with Crippen LogP contribution in [0.15, 0.2) is 47.9 Å². The second kappa shape index (κ2) is 12.6. The van der Waals surface area contributed by atoms with Crippen LogP contribution in [0.1, 0.15) is 43.2 Å². The third-order valence-corrected chi connectivity index (χ3v) is 10.0. The van der Waals surface area contributed by atoms with E-state index in [4.69, 9.17) is 9.05 Å². The fraction of sp³-hybridized carbons (Fsp3) is 0.394. The first kappa shape index (κ1) is 34.6. The summed E-state index contributed by atoms with van der Waals surface area (Å²) in [6, 6.07) is 1.55. The Morgan fingerprint density at radius 3 is 2.71 bits per heavy atom. The fourth-order valence-corrected chi connectivity index (χ4v) is 7.96. The van der Waals surface area contributed by atoms with E-state index in [9.17, 15) is 24.0 Å². The first-order valence-corrected chi connectivity index (χ1v) is 16.8. The number of aromatic nitrogens is 4. The number of rotatable bonds is 10. The van der Waals surface area contributed by atoms with Crippen molar-refractivity contribution in [2.75, 3.05) is 38.8 Å². The summed E-state index contributed by atoms with van der Waals surface area (Å²) in [6.07, 6.45) is 6.01. The number of carbonyl (C=O) groups is 1. The van der Waals surface area contributed by atoms with Crippen LogP contribution in [-0.4, -0.2) is 85.7 Å². The smallest absolute Gasteiger partial charge is 0.341 e. The van der Waals surface area contributed by atoms with Gasteiger partial charge in [0.05, 0.1) is 47.3 Å². The molecule has 2 fully saturated rings. The Labute approximate surface area is 282 Å². The molecular weight excluding hydrogens is 659 g/mol. The van der Waals surface area contributed by atoms with E-state index < -0.39 is 42.8 Å². The monoisotopic (exact) mass is 698 g/mol. The van der Waals surface area contributed by atoms with Crippen LogP contribution in [0.2, 0.25) is 0 Å². The van der Waals surface area contributed by atoms with Crippen LogP contribution in [0.4, 0.5) is 14.5 Å². The number of nitrogens with one attached hydrogen (secondary N) is 2. The Hall–Kier alpha value is -4.27. The largest absolute Gasteiger partial charge is 0.477 e. The van der Waals surface area contributed by atoms with E-state index in [1.165, 1.54) is 17.8 Å². The number of carboxylic acids is 1. The normalized spacial score (nSPS) is 21.6. The average Bonchev–Trinajstić information content (AvgIpc) is 3.56. The lowest BCUT2D eigenvalue weighted by atomic mass is 9.92. The molecule has 4 unspecified atom stereocenters. The first-order valence-electron chi connectivity index (χ1n) is 15.6. The van der Waals surface area contributed by atoms with E-state index >= 15 is 4.39 Å². The Balaban J connectivity index is 1.54. The van der Waals surface area contributed by atoms with E-state index in [0.717, 1.165) is 19.0 Å². The summed E-state index contributed by atoms with van der Waals surface area (Å²) in [4.78, 5) is 49.8. The van der Waals surface area contributed by atoms with Crippen molar-refractivity contribution >= 4 is 48.0 Å². The van der Waals surface area contributed by atoms with Crippen molar-refractivity contribution in [1.82, 2.24) is 24.8 Å². The van der Waals surface area contributed by atoms with Gasteiger partial charge in [0, 0.05) is 50.4 Å². The van der Waals surface area contributed by atoms with Crippen LogP contribution in [0.3, 0.4) is 0 Å². The number of quaternary nitrogens is 1. The number of hydrogen-bond acceptors (Lipinski definition) is 9. The van der Waals surface area contributed by atoms with Crippen molar-refractivity contribution in [2.24, 2.45) is 13.0 Å². The Bertz CT molecular complexity index is 2090. The standard InChI is InChI=1S/C33H38F2N7O6P/c1-17(34)10-23(36-5)26-25(35)24-27(41-9-8-18-15-42(7,31(18)41)16-47-49(46)48-33(2,3)4)21(13-37-29(24)39-26)19-11-20-28(43)22(32(44)45)14-40(6)30(20)38-12-19/h10-14,18,31,36,46H,1,8-9,15-16H2,2-7H3,(H-,37,39,44,45)/p+1/b23-10+. The Kier molecular flexibility index (Phi) is 8.87. The number of H-pyrrole nitrogens is 1. The average molecular weight is 699 g/mol. The number of hydrogen-bond donors (Lipinski definition) is 4. The molecule has 0 amide bonds. The highest BCUT2D eigenvalue weighted by Gasteiger charge is 2.59. The van der Waals surface area contributed by atoms with E-state index in [1.54, 1.807) is 25.5 Å². The highest BCUT2D eigenvalue weighted by molar-refractivity contribution is 7.40. The molecule has 49 heavy (non-hydrogen) atoms. The van der Waals surface area contributed by atoms with Gasteiger partial charge in [0.15, 0.2) is 18.7 Å². The van der Waals surface area contributed by atoms with Crippen LogP contribution in [0.25, 0.3) is 38.9 Å². The minimum Gasteiger partial charge on any atom is -0.477 e. The number of anilines is 1. The van der Waals surface area contributed by atoms with Crippen molar-refractivity contribution in [3.63, 3.8) is 0 Å². The van der Waals surface area contributed by atoms with E-state index in [2.05, 4.69) is 31.7 Å². The summed E-state index contributed by atoms with van der Waals surface area (Å²) in [5, 5.41) is 12.7. The number of carboxylic acid groups (broad SMARTS) is 1. The van der Waals surface area contributed by atoms with Crippen LogP contribution in [-0.2, 0) is 16.1 Å². The van der Waals surface area contributed by atoms with E-state index in [1.807, 2.05) is 27.8 Å². The number of aryl methyl sites for hydroxylation is 1. The number of halogens is 2. The minimum atomic E-state index is -2.15. The molecule has 0 aliphatic carbocycles. The van der Waals surface area contributed by atoms with Gasteiger partial charge in [0.2, 0.25) is 5.43 Å². The van der Waals surface area contributed by atoms with Crippen LogP contribution in [0.5, 0.6) is 0 Å². The van der Waals surface area contributed by atoms with Crippen molar-refractivity contribution in [1.29, 1.82) is 0 Å². The lowest BCUT2D eigenvalue weighted by Crippen LogP contribution is -2.71. The van der Waals surface area contributed by atoms with Gasteiger partial charge in [0.1, 0.15) is 28.4 Å². The molecule has 4 aromatic rings. The van der Waals surface area contributed by atoms with E-state index in [0.29, 0.717) is 27.8 Å². The summed E-state index contributed by atoms with van der Waals surface area (Å²) in [7, 11) is 2.98. The molecule has 13 nitrogen and oxygen atoms in total. The number of allylic oxidation sites excluding steroid dienone is 2. The van der Waals surface area contributed by atoms with Gasteiger partial charge in [-0.3, -0.25) is 13.8 Å². The number of pyridine rings is 3. The summed E-state index contributed by atoms with van der Waals surface area (Å²) >= 11 is 0. The zero-order chi connectivity index (χ0) is 35.6. The van der Waals surface area contributed by atoms with Crippen LogP contribution < -0.4 is 15.6 Å². The van der Waals surface area contributed by atoms with Crippen molar-refractivity contribution in [2.45, 2.75) is 39.0 Å². The van der Waals surface area contributed by atoms with Gasteiger partial charge in [0.25, 0.3) is 0 Å². The SMILES string of the molecule is C=C(F)/C=C(/NC)c1[nH]c2ncc(-c3cnc4c(c3)c(=O)c(C(=O)O)cn4C)c(N3CCC4C[N+](C)(COP(O)OC(C)(C)C)C43)c2c1F. The maximum atomic E-state index is 16.7. The van der Waals surface area contributed by atoms with Gasteiger partial charge >= 0.3 is 14.6 Å². The molecule has 0 radical (unpaired) electrons. The predicted octanol–water partition coefficient (Wildman–Crippen LogP) is 4.98. The molecule has 4 N–H and O–H groups in total. The summed E-state index contributed by atoms with van der Waals surface area (Å²) in [5.74, 6) is -2.59. The number of aromatic carboxylic acids is 1. The van der Waals surface area contributed by atoms with Crippen molar-refractivity contribution in [3.05, 3.63) is 70.4 Å². The Morgan fingerprint density at radius 1 is 1.33 bits per heavy atom. The van der Waals surface area contributed by atoms with E-state index in [-0.39, 0.29) is 52.3 Å².